The number of piperazine rings is 1. The highest BCUT2D eigenvalue weighted by molar-refractivity contribution is 7.71. The Bertz CT molecular complexity index is 1060. The van der Waals surface area contributed by atoms with E-state index in [4.69, 9.17) is 16.6 Å². The maximum atomic E-state index is 12.8. The van der Waals surface area contributed by atoms with Crippen LogP contribution in [0.15, 0.2) is 52.9 Å². The molecule has 1 aliphatic heterocycles. The highest BCUT2D eigenvalue weighted by atomic mass is 32.1. The Hall–Kier alpha value is -2.60. The Morgan fingerprint density at radius 3 is 2.79 bits per heavy atom. The van der Waals surface area contributed by atoms with Gasteiger partial charge < -0.3 is 14.2 Å². The molecule has 0 spiro atoms. The summed E-state index contributed by atoms with van der Waals surface area (Å²) in [4.78, 5) is 17.6. The molecular formula is C22H25N3O2S. The van der Waals surface area contributed by atoms with Crippen LogP contribution in [-0.2, 0) is 11.3 Å². The van der Waals surface area contributed by atoms with Crippen molar-refractivity contribution in [1.82, 2.24) is 9.47 Å². The number of hydrogen-bond acceptors (Lipinski definition) is 4. The first-order valence-corrected chi connectivity index (χ1v) is 10.1. The molecule has 1 aliphatic rings. The number of hydrogen-bond donors (Lipinski definition) is 0. The second kappa shape index (κ2) is 7.80. The van der Waals surface area contributed by atoms with Gasteiger partial charge in [-0.25, -0.2) is 0 Å². The van der Waals surface area contributed by atoms with Gasteiger partial charge in [0.15, 0.2) is 5.58 Å². The van der Waals surface area contributed by atoms with Gasteiger partial charge >= 0.3 is 0 Å². The van der Waals surface area contributed by atoms with Crippen molar-refractivity contribution < 1.29 is 9.21 Å². The normalized spacial score (nSPS) is 17.3. The Morgan fingerprint density at radius 2 is 2.00 bits per heavy atom. The number of amides is 1. The first-order chi connectivity index (χ1) is 13.5. The molecular weight excluding hydrogens is 370 g/mol. The van der Waals surface area contributed by atoms with E-state index in [0.717, 1.165) is 30.7 Å². The molecule has 1 aromatic heterocycles. The number of nitrogens with zero attached hydrogens (tertiary/aromatic N) is 3. The van der Waals surface area contributed by atoms with Crippen LogP contribution in [-0.4, -0.2) is 41.1 Å². The summed E-state index contributed by atoms with van der Waals surface area (Å²) in [7, 11) is 0. The van der Waals surface area contributed by atoms with Crippen molar-refractivity contribution in [3.05, 3.63) is 58.9 Å². The fourth-order valence-corrected chi connectivity index (χ4v) is 4.25. The minimum Gasteiger partial charge on any atom is -0.429 e. The molecule has 0 saturated carbocycles. The molecule has 1 fully saturated rings. The largest absolute Gasteiger partial charge is 0.429 e. The van der Waals surface area contributed by atoms with Crippen molar-refractivity contribution in [3.8, 4) is 0 Å². The monoisotopic (exact) mass is 395 g/mol. The SMILES string of the molecule is Cc1cccc(N2CCN(C(=O)CCn3c(=S)oc4ccccc43)C[C@@H]2C)c1. The Kier molecular flexibility index (Phi) is 5.22. The average molecular weight is 396 g/mol. The summed E-state index contributed by atoms with van der Waals surface area (Å²) in [6, 6.07) is 16.6. The first kappa shape index (κ1) is 18.7. The van der Waals surface area contributed by atoms with E-state index in [1.165, 1.54) is 11.3 Å². The van der Waals surface area contributed by atoms with Gasteiger partial charge in [-0.1, -0.05) is 24.3 Å². The lowest BCUT2D eigenvalue weighted by Gasteiger charge is -2.41. The van der Waals surface area contributed by atoms with Gasteiger partial charge in [0.2, 0.25) is 5.91 Å². The van der Waals surface area contributed by atoms with Crippen LogP contribution < -0.4 is 4.90 Å². The summed E-state index contributed by atoms with van der Waals surface area (Å²) in [5.41, 5.74) is 4.20. The molecule has 1 amide bonds. The molecule has 6 heteroatoms. The third-order valence-electron chi connectivity index (χ3n) is 5.44. The number of aromatic nitrogens is 1. The molecule has 2 aromatic carbocycles. The third-order valence-corrected chi connectivity index (χ3v) is 5.74. The molecule has 0 radical (unpaired) electrons. The third kappa shape index (κ3) is 3.69. The summed E-state index contributed by atoms with van der Waals surface area (Å²) in [6.45, 7) is 7.17. The fraction of sp³-hybridized carbons (Fsp3) is 0.364. The molecule has 1 saturated heterocycles. The molecule has 0 N–H and O–H groups in total. The van der Waals surface area contributed by atoms with E-state index in [2.05, 4.69) is 43.0 Å². The van der Waals surface area contributed by atoms with E-state index in [1.54, 1.807) is 0 Å². The lowest BCUT2D eigenvalue weighted by Crippen LogP contribution is -2.53. The number of carbonyl (C=O) groups excluding carboxylic acids is 1. The highest BCUT2D eigenvalue weighted by Gasteiger charge is 2.26. The lowest BCUT2D eigenvalue weighted by molar-refractivity contribution is -0.132. The van der Waals surface area contributed by atoms with Crippen molar-refractivity contribution in [2.24, 2.45) is 0 Å². The van der Waals surface area contributed by atoms with Gasteiger partial charge in [0.1, 0.15) is 0 Å². The number of oxazole rings is 1. The minimum absolute atomic E-state index is 0.169. The van der Waals surface area contributed by atoms with Crippen molar-refractivity contribution in [1.29, 1.82) is 0 Å². The van der Waals surface area contributed by atoms with Crippen molar-refractivity contribution >= 4 is 34.9 Å². The van der Waals surface area contributed by atoms with E-state index in [9.17, 15) is 4.79 Å². The minimum atomic E-state index is 0.169. The van der Waals surface area contributed by atoms with E-state index >= 15 is 0 Å². The molecule has 28 heavy (non-hydrogen) atoms. The zero-order valence-electron chi connectivity index (χ0n) is 16.3. The maximum absolute atomic E-state index is 12.8. The first-order valence-electron chi connectivity index (χ1n) is 9.72. The quantitative estimate of drug-likeness (QED) is 0.614. The van der Waals surface area contributed by atoms with Crippen LogP contribution >= 0.6 is 12.2 Å². The van der Waals surface area contributed by atoms with Gasteiger partial charge in [0, 0.05) is 44.3 Å². The van der Waals surface area contributed by atoms with Crippen LogP contribution in [0.3, 0.4) is 0 Å². The van der Waals surface area contributed by atoms with Crippen LogP contribution in [0.5, 0.6) is 0 Å². The number of fused-ring (bicyclic) bond motifs is 1. The van der Waals surface area contributed by atoms with Crippen LogP contribution in [0.25, 0.3) is 11.1 Å². The van der Waals surface area contributed by atoms with Crippen LogP contribution in [0.1, 0.15) is 18.9 Å². The van der Waals surface area contributed by atoms with E-state index in [-0.39, 0.29) is 11.9 Å². The molecule has 0 aliphatic carbocycles. The summed E-state index contributed by atoms with van der Waals surface area (Å²) in [5, 5.41) is 0. The van der Waals surface area contributed by atoms with Crippen LogP contribution in [0.2, 0.25) is 0 Å². The van der Waals surface area contributed by atoms with Gasteiger partial charge in [-0.15, -0.1) is 0 Å². The molecule has 4 rings (SSSR count). The van der Waals surface area contributed by atoms with Crippen molar-refractivity contribution in [2.45, 2.75) is 32.9 Å². The predicted octanol–water partition coefficient (Wildman–Crippen LogP) is 4.40. The second-order valence-electron chi connectivity index (χ2n) is 7.46. The van der Waals surface area contributed by atoms with Crippen LogP contribution in [0, 0.1) is 11.8 Å². The van der Waals surface area contributed by atoms with Crippen molar-refractivity contribution in [3.63, 3.8) is 0 Å². The molecule has 1 atom stereocenters. The standard InChI is InChI=1S/C22H25N3O2S/c1-16-6-5-7-18(14-16)24-13-12-23(15-17(24)2)21(26)10-11-25-19-8-3-4-9-20(19)27-22(25)28/h3-9,14,17H,10-13,15H2,1-2H3/t17-/m0/s1. The van der Waals surface area contributed by atoms with E-state index < -0.39 is 0 Å². The van der Waals surface area contributed by atoms with Gasteiger partial charge in [-0.3, -0.25) is 9.36 Å². The average Bonchev–Trinajstić information content (AvgIpc) is 3.01. The molecule has 0 unspecified atom stereocenters. The van der Waals surface area contributed by atoms with Crippen LogP contribution in [0.4, 0.5) is 5.69 Å². The number of anilines is 1. The number of para-hydroxylation sites is 2. The zero-order chi connectivity index (χ0) is 19.7. The highest BCUT2D eigenvalue weighted by Crippen LogP contribution is 2.22. The Balaban J connectivity index is 1.40. The van der Waals surface area contributed by atoms with Gasteiger partial charge in [0.25, 0.3) is 4.84 Å². The molecule has 3 aromatic rings. The summed E-state index contributed by atoms with van der Waals surface area (Å²) < 4.78 is 7.52. The van der Waals surface area contributed by atoms with E-state index in [0.29, 0.717) is 17.8 Å². The van der Waals surface area contributed by atoms with Gasteiger partial charge in [0.05, 0.1) is 5.52 Å². The predicted molar refractivity (Wildman–Crippen MR) is 114 cm³/mol. The summed E-state index contributed by atoms with van der Waals surface area (Å²) in [6.07, 6.45) is 0.426. The van der Waals surface area contributed by atoms with E-state index in [1.807, 2.05) is 33.7 Å². The zero-order valence-corrected chi connectivity index (χ0v) is 17.1. The number of rotatable bonds is 4. The molecule has 2 heterocycles. The lowest BCUT2D eigenvalue weighted by atomic mass is 10.1. The van der Waals surface area contributed by atoms with Crippen molar-refractivity contribution in [2.75, 3.05) is 24.5 Å². The number of benzene rings is 2. The summed E-state index contributed by atoms with van der Waals surface area (Å²) >= 11 is 5.32. The van der Waals surface area contributed by atoms with Gasteiger partial charge in [-0.05, 0) is 55.9 Å². The molecule has 5 nitrogen and oxygen atoms in total. The van der Waals surface area contributed by atoms with Gasteiger partial charge in [-0.2, -0.15) is 0 Å². The Labute approximate surface area is 170 Å². The maximum Gasteiger partial charge on any atom is 0.269 e. The smallest absolute Gasteiger partial charge is 0.269 e. The summed E-state index contributed by atoms with van der Waals surface area (Å²) in [5.74, 6) is 0.169. The topological polar surface area (TPSA) is 41.6 Å². The number of aryl methyl sites for hydroxylation is 2. The fourth-order valence-electron chi connectivity index (χ4n) is 3.97. The second-order valence-corrected chi connectivity index (χ2v) is 7.81. The molecule has 146 valence electrons. The Morgan fingerprint density at radius 1 is 1.18 bits per heavy atom. The molecule has 0 bridgehead atoms. The number of carbonyl (C=O) groups is 1.